The highest BCUT2D eigenvalue weighted by Gasteiger charge is 2.32. The quantitative estimate of drug-likeness (QED) is 0.815. The maximum absolute atomic E-state index is 13.0. The molecule has 2 N–H and O–H groups in total. The Kier molecular flexibility index (Phi) is 6.59. The van der Waals surface area contributed by atoms with Gasteiger partial charge in [-0.05, 0) is 43.9 Å². The first kappa shape index (κ1) is 19.9. The predicted octanol–water partition coefficient (Wildman–Crippen LogP) is 2.96. The van der Waals surface area contributed by atoms with E-state index in [1.807, 2.05) is 36.1 Å². The van der Waals surface area contributed by atoms with Gasteiger partial charge in [0.2, 0.25) is 0 Å². The van der Waals surface area contributed by atoms with Gasteiger partial charge in [-0.3, -0.25) is 4.79 Å². The molecule has 1 amide bonds. The summed E-state index contributed by atoms with van der Waals surface area (Å²) in [4.78, 5) is 14.8. The monoisotopic (exact) mass is 427 g/mol. The molecule has 1 saturated heterocycles. The molecule has 1 fully saturated rings. The van der Waals surface area contributed by atoms with Gasteiger partial charge >= 0.3 is 0 Å². The van der Waals surface area contributed by atoms with Gasteiger partial charge < -0.3 is 10.6 Å². The van der Waals surface area contributed by atoms with E-state index in [0.29, 0.717) is 18.2 Å². The van der Waals surface area contributed by atoms with Gasteiger partial charge in [0.05, 0.1) is 11.4 Å². The lowest BCUT2D eigenvalue weighted by atomic mass is 9.92. The number of nitrogens with two attached hydrogens (primary N) is 1. The SMILES string of the molecule is Cc1c(C(=O)N2CCC(C)CC2CN)nnn1-c1cccc(Br)c1.Cl. The fraction of sp³-hybridized carbons (Fsp3) is 0.471. The fourth-order valence-corrected chi connectivity index (χ4v) is 3.65. The second kappa shape index (κ2) is 8.29. The third-order valence-electron chi connectivity index (χ3n) is 4.66. The highest BCUT2D eigenvalue weighted by atomic mass is 79.9. The third kappa shape index (κ3) is 4.04. The molecule has 0 spiro atoms. The van der Waals surface area contributed by atoms with Gasteiger partial charge in [-0.15, -0.1) is 17.5 Å². The molecule has 0 saturated carbocycles. The van der Waals surface area contributed by atoms with Crippen molar-refractivity contribution in [2.75, 3.05) is 13.1 Å². The van der Waals surface area contributed by atoms with Crippen molar-refractivity contribution in [3.63, 3.8) is 0 Å². The number of benzene rings is 1. The van der Waals surface area contributed by atoms with Crippen molar-refractivity contribution >= 4 is 34.2 Å². The number of halogens is 2. The zero-order valence-electron chi connectivity index (χ0n) is 14.4. The number of carbonyl (C=O) groups excluding carboxylic acids is 1. The molecular formula is C17H23BrClN5O. The van der Waals surface area contributed by atoms with Crippen molar-refractivity contribution in [1.82, 2.24) is 19.9 Å². The summed E-state index contributed by atoms with van der Waals surface area (Å²) >= 11 is 3.45. The predicted molar refractivity (Wildman–Crippen MR) is 103 cm³/mol. The fourth-order valence-electron chi connectivity index (χ4n) is 3.26. The van der Waals surface area contributed by atoms with Crippen LogP contribution in [-0.2, 0) is 0 Å². The van der Waals surface area contributed by atoms with Crippen molar-refractivity contribution in [2.24, 2.45) is 11.7 Å². The van der Waals surface area contributed by atoms with E-state index < -0.39 is 0 Å². The average Bonchev–Trinajstić information content (AvgIpc) is 2.95. The lowest BCUT2D eigenvalue weighted by molar-refractivity contribution is 0.0566. The molecule has 3 rings (SSSR count). The zero-order chi connectivity index (χ0) is 17.3. The Morgan fingerprint density at radius 1 is 1.44 bits per heavy atom. The highest BCUT2D eigenvalue weighted by Crippen LogP contribution is 2.24. The van der Waals surface area contributed by atoms with Gasteiger partial charge in [0.15, 0.2) is 5.69 Å². The van der Waals surface area contributed by atoms with Gasteiger partial charge in [-0.1, -0.05) is 34.1 Å². The minimum atomic E-state index is -0.0731. The summed E-state index contributed by atoms with van der Waals surface area (Å²) in [5.41, 5.74) is 7.90. The van der Waals surface area contributed by atoms with Crippen LogP contribution in [0, 0.1) is 12.8 Å². The molecule has 1 aliphatic rings. The average molecular weight is 429 g/mol. The number of rotatable bonds is 3. The van der Waals surface area contributed by atoms with Gasteiger partial charge in [0.1, 0.15) is 0 Å². The Labute approximate surface area is 162 Å². The molecule has 2 atom stereocenters. The van der Waals surface area contributed by atoms with E-state index >= 15 is 0 Å². The Bertz CT molecular complexity index is 750. The molecule has 8 heteroatoms. The van der Waals surface area contributed by atoms with Crippen LogP contribution in [0.3, 0.4) is 0 Å². The lowest BCUT2D eigenvalue weighted by Gasteiger charge is -2.37. The normalized spacial score (nSPS) is 20.2. The molecule has 2 unspecified atom stereocenters. The first-order chi connectivity index (χ1) is 11.5. The topological polar surface area (TPSA) is 77.0 Å². The first-order valence-corrected chi connectivity index (χ1v) is 8.99. The molecule has 1 aromatic carbocycles. The third-order valence-corrected chi connectivity index (χ3v) is 5.15. The van der Waals surface area contributed by atoms with Crippen LogP contribution in [-0.4, -0.2) is 44.9 Å². The summed E-state index contributed by atoms with van der Waals surface area (Å²) in [6.45, 7) is 5.29. The van der Waals surface area contributed by atoms with Crippen LogP contribution >= 0.6 is 28.3 Å². The van der Waals surface area contributed by atoms with Crippen molar-refractivity contribution < 1.29 is 4.79 Å². The van der Waals surface area contributed by atoms with E-state index in [0.717, 1.165) is 35.2 Å². The molecule has 1 aromatic heterocycles. The molecule has 0 radical (unpaired) electrons. The molecule has 2 aromatic rings. The van der Waals surface area contributed by atoms with Crippen molar-refractivity contribution in [2.45, 2.75) is 32.7 Å². The standard InChI is InChI=1S/C17H22BrN5O.ClH/c1-11-6-7-22(15(8-11)10-19)17(24)16-12(2)23(21-20-16)14-5-3-4-13(18)9-14;/h3-5,9,11,15H,6-8,10,19H2,1-2H3;1H. The maximum Gasteiger partial charge on any atom is 0.276 e. The number of likely N-dealkylation sites (tertiary alicyclic amines) is 1. The summed E-state index contributed by atoms with van der Waals surface area (Å²) < 4.78 is 2.65. The van der Waals surface area contributed by atoms with Gasteiger partial charge in [-0.2, -0.15) is 0 Å². The maximum atomic E-state index is 13.0. The van der Waals surface area contributed by atoms with Crippen LogP contribution in [0.15, 0.2) is 28.7 Å². The van der Waals surface area contributed by atoms with Crippen LogP contribution < -0.4 is 5.73 Å². The minimum absolute atomic E-state index is 0. The number of hydrogen-bond acceptors (Lipinski definition) is 4. The number of carbonyl (C=O) groups is 1. The molecule has 2 heterocycles. The van der Waals surface area contributed by atoms with Crippen LogP contribution in [0.2, 0.25) is 0 Å². The van der Waals surface area contributed by atoms with Crippen molar-refractivity contribution in [1.29, 1.82) is 0 Å². The van der Waals surface area contributed by atoms with E-state index in [1.54, 1.807) is 4.68 Å². The van der Waals surface area contributed by atoms with Crippen molar-refractivity contribution in [3.8, 4) is 5.69 Å². The minimum Gasteiger partial charge on any atom is -0.333 e. The summed E-state index contributed by atoms with van der Waals surface area (Å²) in [5, 5.41) is 8.33. The highest BCUT2D eigenvalue weighted by molar-refractivity contribution is 9.10. The number of nitrogens with zero attached hydrogens (tertiary/aromatic N) is 4. The Morgan fingerprint density at radius 3 is 2.88 bits per heavy atom. The van der Waals surface area contributed by atoms with E-state index in [-0.39, 0.29) is 24.4 Å². The Morgan fingerprint density at radius 2 is 2.20 bits per heavy atom. The van der Waals surface area contributed by atoms with E-state index in [2.05, 4.69) is 33.2 Å². The van der Waals surface area contributed by atoms with Crippen molar-refractivity contribution in [3.05, 3.63) is 40.1 Å². The van der Waals surface area contributed by atoms with Gasteiger partial charge in [0.25, 0.3) is 5.91 Å². The first-order valence-electron chi connectivity index (χ1n) is 8.20. The van der Waals surface area contributed by atoms with E-state index in [4.69, 9.17) is 5.73 Å². The van der Waals surface area contributed by atoms with Crippen LogP contribution in [0.5, 0.6) is 0 Å². The van der Waals surface area contributed by atoms with Gasteiger partial charge in [-0.25, -0.2) is 4.68 Å². The van der Waals surface area contributed by atoms with Crippen LogP contribution in [0.1, 0.15) is 35.9 Å². The molecule has 25 heavy (non-hydrogen) atoms. The summed E-state index contributed by atoms with van der Waals surface area (Å²) in [6.07, 6.45) is 1.95. The molecular weight excluding hydrogens is 406 g/mol. The second-order valence-electron chi connectivity index (χ2n) is 6.43. The lowest BCUT2D eigenvalue weighted by Crippen LogP contribution is -2.49. The Balaban J connectivity index is 0.00000225. The van der Waals surface area contributed by atoms with E-state index in [9.17, 15) is 4.79 Å². The van der Waals surface area contributed by atoms with Crippen LogP contribution in [0.25, 0.3) is 5.69 Å². The molecule has 1 aliphatic heterocycles. The summed E-state index contributed by atoms with van der Waals surface area (Å²) in [7, 11) is 0. The largest absolute Gasteiger partial charge is 0.333 e. The number of aromatic nitrogens is 3. The van der Waals surface area contributed by atoms with Gasteiger partial charge in [0, 0.05) is 23.6 Å². The molecule has 136 valence electrons. The number of hydrogen-bond donors (Lipinski definition) is 1. The molecule has 0 aliphatic carbocycles. The molecule has 0 bridgehead atoms. The van der Waals surface area contributed by atoms with Crippen LogP contribution in [0.4, 0.5) is 0 Å². The summed E-state index contributed by atoms with van der Waals surface area (Å²) in [6, 6.07) is 7.84. The molecule has 6 nitrogen and oxygen atoms in total. The smallest absolute Gasteiger partial charge is 0.276 e. The number of amides is 1. The van der Waals surface area contributed by atoms with E-state index in [1.165, 1.54) is 0 Å². The summed E-state index contributed by atoms with van der Waals surface area (Å²) in [5.74, 6) is 0.525. The second-order valence-corrected chi connectivity index (χ2v) is 7.35. The zero-order valence-corrected chi connectivity index (χ0v) is 16.8. The Hall–Kier alpha value is -1.44. The number of piperidine rings is 1.